The summed E-state index contributed by atoms with van der Waals surface area (Å²) in [6, 6.07) is 21.6. The molecule has 1 fully saturated rings. The van der Waals surface area contributed by atoms with Crippen LogP contribution in [0.3, 0.4) is 0 Å². The second-order valence-corrected chi connectivity index (χ2v) is 9.63. The highest BCUT2D eigenvalue weighted by atomic mass is 31.1. The van der Waals surface area contributed by atoms with Gasteiger partial charge in [-0.05, 0) is 58.7 Å². The Morgan fingerprint density at radius 1 is 0.750 bits per heavy atom. The van der Waals surface area contributed by atoms with Gasteiger partial charge in [0, 0.05) is 0 Å². The average molecular weight is 340 g/mol. The van der Waals surface area contributed by atoms with Crippen LogP contribution in [0, 0.1) is 0 Å². The van der Waals surface area contributed by atoms with Gasteiger partial charge in [-0.25, -0.2) is 0 Å². The SMILES string of the molecule is CC1(C)OB(CCP(c2ccccc2)c2ccccc2)OC1(C)C. The van der Waals surface area contributed by atoms with Crippen LogP contribution in [0.5, 0.6) is 0 Å². The molecule has 2 aromatic rings. The van der Waals surface area contributed by atoms with Crippen LogP contribution in [0.2, 0.25) is 6.32 Å². The molecule has 3 rings (SSSR count). The van der Waals surface area contributed by atoms with Gasteiger partial charge in [0.1, 0.15) is 0 Å². The van der Waals surface area contributed by atoms with E-state index >= 15 is 0 Å². The van der Waals surface area contributed by atoms with Gasteiger partial charge in [-0.15, -0.1) is 0 Å². The second kappa shape index (κ2) is 7.00. The zero-order valence-corrected chi connectivity index (χ0v) is 15.9. The standard InChI is InChI=1S/C20H26BO2P/c1-19(2)20(3,4)23-21(22-19)15-16-24(17-11-7-5-8-12-17)18-13-9-6-10-14-18/h5-14H,15-16H2,1-4H3. The molecule has 0 amide bonds. The van der Waals surface area contributed by atoms with Gasteiger partial charge in [-0.2, -0.15) is 0 Å². The Balaban J connectivity index is 1.75. The quantitative estimate of drug-likeness (QED) is 0.600. The molecule has 0 aliphatic carbocycles. The molecule has 1 heterocycles. The molecule has 1 aliphatic rings. The molecule has 0 N–H and O–H groups in total. The first-order valence-corrected chi connectivity index (χ1v) is 10.1. The maximum absolute atomic E-state index is 6.17. The van der Waals surface area contributed by atoms with Crippen LogP contribution in [0.15, 0.2) is 60.7 Å². The molecule has 1 aliphatic heterocycles. The van der Waals surface area contributed by atoms with E-state index in [0.29, 0.717) is 0 Å². The topological polar surface area (TPSA) is 18.5 Å². The molecule has 1 saturated heterocycles. The lowest BCUT2D eigenvalue weighted by Crippen LogP contribution is -2.41. The lowest BCUT2D eigenvalue weighted by atomic mass is 9.86. The summed E-state index contributed by atoms with van der Waals surface area (Å²) in [4.78, 5) is 0. The molecule has 2 nitrogen and oxygen atoms in total. The van der Waals surface area contributed by atoms with Crippen LogP contribution >= 0.6 is 7.92 Å². The number of rotatable bonds is 5. The molecule has 24 heavy (non-hydrogen) atoms. The van der Waals surface area contributed by atoms with E-state index in [-0.39, 0.29) is 26.2 Å². The van der Waals surface area contributed by atoms with Crippen molar-refractivity contribution >= 4 is 25.6 Å². The van der Waals surface area contributed by atoms with Gasteiger partial charge in [0.2, 0.25) is 0 Å². The summed E-state index contributed by atoms with van der Waals surface area (Å²) in [6.45, 7) is 8.46. The van der Waals surface area contributed by atoms with Gasteiger partial charge >= 0.3 is 7.12 Å². The summed E-state index contributed by atoms with van der Waals surface area (Å²) in [5.41, 5.74) is -0.500. The number of hydrogen-bond donors (Lipinski definition) is 0. The maximum Gasteiger partial charge on any atom is 0.458 e. The third kappa shape index (κ3) is 3.74. The van der Waals surface area contributed by atoms with Crippen molar-refractivity contribution in [3.05, 3.63) is 60.7 Å². The fourth-order valence-electron chi connectivity index (χ4n) is 2.94. The molecular formula is C20H26BO2P. The molecule has 0 bridgehead atoms. The lowest BCUT2D eigenvalue weighted by Gasteiger charge is -2.32. The van der Waals surface area contributed by atoms with Crippen LogP contribution in [0.1, 0.15) is 27.7 Å². The van der Waals surface area contributed by atoms with Gasteiger partial charge in [-0.3, -0.25) is 0 Å². The Hall–Kier alpha value is -1.15. The van der Waals surface area contributed by atoms with Gasteiger partial charge in [0.25, 0.3) is 0 Å². The van der Waals surface area contributed by atoms with Crippen molar-refractivity contribution in [2.75, 3.05) is 6.16 Å². The fourth-order valence-corrected chi connectivity index (χ4v) is 5.29. The van der Waals surface area contributed by atoms with E-state index in [1.54, 1.807) is 0 Å². The summed E-state index contributed by atoms with van der Waals surface area (Å²) < 4.78 is 12.3. The zero-order valence-electron chi connectivity index (χ0n) is 15.0. The van der Waals surface area contributed by atoms with E-state index in [0.717, 1.165) is 12.5 Å². The maximum atomic E-state index is 6.17. The van der Waals surface area contributed by atoms with Crippen LogP contribution in [0.4, 0.5) is 0 Å². The minimum Gasteiger partial charge on any atom is -0.403 e. The predicted octanol–water partition coefficient (Wildman–Crippen LogP) is 4.21. The Labute approximate surface area is 147 Å². The molecule has 2 aromatic carbocycles. The van der Waals surface area contributed by atoms with Crippen LogP contribution in [-0.4, -0.2) is 24.5 Å². The Bertz CT molecular complexity index is 602. The summed E-state index contributed by atoms with van der Waals surface area (Å²) >= 11 is 0. The van der Waals surface area contributed by atoms with Crippen LogP contribution < -0.4 is 10.6 Å². The molecule has 126 valence electrons. The van der Waals surface area contributed by atoms with Crippen molar-refractivity contribution in [2.24, 2.45) is 0 Å². The molecule has 0 saturated carbocycles. The second-order valence-electron chi connectivity index (χ2n) is 7.30. The summed E-state index contributed by atoms with van der Waals surface area (Å²) in [5, 5.41) is 2.82. The first-order valence-electron chi connectivity index (χ1n) is 8.62. The van der Waals surface area contributed by atoms with E-state index in [1.165, 1.54) is 10.6 Å². The van der Waals surface area contributed by atoms with E-state index in [9.17, 15) is 0 Å². The zero-order chi connectivity index (χ0) is 17.2. The van der Waals surface area contributed by atoms with Crippen molar-refractivity contribution in [3.8, 4) is 0 Å². The fraction of sp³-hybridized carbons (Fsp3) is 0.400. The van der Waals surface area contributed by atoms with E-state index in [4.69, 9.17) is 9.31 Å². The van der Waals surface area contributed by atoms with Gasteiger partial charge in [0.05, 0.1) is 11.2 Å². The minimum absolute atomic E-state index is 0.118. The molecule has 0 radical (unpaired) electrons. The van der Waals surface area contributed by atoms with Crippen molar-refractivity contribution < 1.29 is 9.31 Å². The van der Waals surface area contributed by atoms with Gasteiger partial charge < -0.3 is 9.31 Å². The third-order valence-electron chi connectivity index (χ3n) is 5.03. The van der Waals surface area contributed by atoms with Crippen molar-refractivity contribution in [3.63, 3.8) is 0 Å². The largest absolute Gasteiger partial charge is 0.458 e. The molecule has 0 unspecified atom stereocenters. The minimum atomic E-state index is -0.389. The monoisotopic (exact) mass is 340 g/mol. The van der Waals surface area contributed by atoms with Crippen molar-refractivity contribution in [1.29, 1.82) is 0 Å². The van der Waals surface area contributed by atoms with E-state index in [1.807, 2.05) is 0 Å². The molecule has 0 atom stereocenters. The Kier molecular flexibility index (Phi) is 5.15. The van der Waals surface area contributed by atoms with Crippen LogP contribution in [0.25, 0.3) is 0 Å². The first-order chi connectivity index (χ1) is 11.4. The van der Waals surface area contributed by atoms with Crippen molar-refractivity contribution in [1.82, 2.24) is 0 Å². The summed E-state index contributed by atoms with van der Waals surface area (Å²) in [5.74, 6) is 0. The number of benzene rings is 2. The predicted molar refractivity (Wildman–Crippen MR) is 105 cm³/mol. The highest BCUT2D eigenvalue weighted by Crippen LogP contribution is 2.40. The van der Waals surface area contributed by atoms with E-state index in [2.05, 4.69) is 88.4 Å². The average Bonchev–Trinajstić information content (AvgIpc) is 2.77. The van der Waals surface area contributed by atoms with Crippen molar-refractivity contribution in [2.45, 2.75) is 45.2 Å². The molecule has 4 heteroatoms. The van der Waals surface area contributed by atoms with Gasteiger partial charge in [-0.1, -0.05) is 60.7 Å². The van der Waals surface area contributed by atoms with E-state index < -0.39 is 0 Å². The Morgan fingerprint density at radius 3 is 1.58 bits per heavy atom. The Morgan fingerprint density at radius 2 is 1.17 bits per heavy atom. The molecule has 0 aromatic heterocycles. The highest BCUT2D eigenvalue weighted by molar-refractivity contribution is 7.73. The lowest BCUT2D eigenvalue weighted by molar-refractivity contribution is 0.00578. The smallest absolute Gasteiger partial charge is 0.403 e. The van der Waals surface area contributed by atoms with Gasteiger partial charge in [0.15, 0.2) is 0 Å². The molecular weight excluding hydrogens is 314 g/mol. The third-order valence-corrected chi connectivity index (χ3v) is 7.57. The number of hydrogen-bond acceptors (Lipinski definition) is 2. The summed E-state index contributed by atoms with van der Waals surface area (Å²) in [6.07, 6.45) is 1.99. The normalized spacial score (nSPS) is 19.0. The molecule has 0 spiro atoms. The first kappa shape index (κ1) is 17.7. The highest BCUT2D eigenvalue weighted by Gasteiger charge is 2.50. The van der Waals surface area contributed by atoms with Crippen LogP contribution in [-0.2, 0) is 9.31 Å². The summed E-state index contributed by atoms with van der Waals surface area (Å²) in [7, 11) is -0.507.